The van der Waals surface area contributed by atoms with Gasteiger partial charge in [-0.2, -0.15) is 4.98 Å². The molecule has 3 N–H and O–H groups in total. The summed E-state index contributed by atoms with van der Waals surface area (Å²) in [6.07, 6.45) is 3.50. The van der Waals surface area contributed by atoms with Crippen LogP contribution in [0.1, 0.15) is 0 Å². The predicted molar refractivity (Wildman–Crippen MR) is 141 cm³/mol. The molecule has 1 aliphatic heterocycles. The molecule has 3 aromatic carbocycles. The van der Waals surface area contributed by atoms with Gasteiger partial charge in [0.1, 0.15) is 12.1 Å². The minimum absolute atomic E-state index is 0.0679. The zero-order chi connectivity index (χ0) is 24.3. The smallest absolute Gasteiger partial charge is 0.321 e. The van der Waals surface area contributed by atoms with Gasteiger partial charge in [-0.25, -0.2) is 14.8 Å². The first-order valence-corrected chi connectivity index (χ1v) is 12.0. The summed E-state index contributed by atoms with van der Waals surface area (Å²) in [5.41, 5.74) is 2.73. The van der Waals surface area contributed by atoms with Crippen molar-refractivity contribution in [3.05, 3.63) is 85.3 Å². The number of rotatable bonds is 5. The zero-order valence-electron chi connectivity index (χ0n) is 19.6. The van der Waals surface area contributed by atoms with Gasteiger partial charge >= 0.3 is 6.03 Å². The Labute approximate surface area is 208 Å². The Balaban J connectivity index is 1.10. The van der Waals surface area contributed by atoms with E-state index >= 15 is 0 Å². The molecular weight excluding hydrogens is 452 g/mol. The Morgan fingerprint density at radius 1 is 1.00 bits per heavy atom. The molecule has 0 aliphatic carbocycles. The molecule has 6 rings (SSSR count). The molecule has 5 aromatic rings. The number of para-hydroxylation sites is 2. The van der Waals surface area contributed by atoms with Crippen molar-refractivity contribution in [2.75, 3.05) is 36.8 Å². The van der Waals surface area contributed by atoms with Gasteiger partial charge in [-0.05, 0) is 29.7 Å². The van der Waals surface area contributed by atoms with Gasteiger partial charge in [0.15, 0.2) is 0 Å². The van der Waals surface area contributed by atoms with Crippen molar-refractivity contribution in [1.82, 2.24) is 29.7 Å². The molecule has 0 radical (unpaired) electrons. The Morgan fingerprint density at radius 2 is 1.86 bits per heavy atom. The number of hydrogen-bond acceptors (Lipinski definition) is 6. The molecule has 1 aliphatic rings. The Hall–Kier alpha value is -4.50. The van der Waals surface area contributed by atoms with Crippen molar-refractivity contribution in [3.63, 3.8) is 0 Å². The minimum atomic E-state index is -0.0944. The SMILES string of the molecule is O=C(Nc1cccc2ccccc12)N1CCNC(CNc2nccc(-n3cnc4ccccc43)n2)C1. The lowest BCUT2D eigenvalue weighted by Gasteiger charge is -2.34. The van der Waals surface area contributed by atoms with Crippen molar-refractivity contribution < 1.29 is 4.79 Å². The van der Waals surface area contributed by atoms with Crippen LogP contribution in [0.5, 0.6) is 0 Å². The summed E-state index contributed by atoms with van der Waals surface area (Å²) < 4.78 is 1.94. The average Bonchev–Trinajstić information content (AvgIpc) is 3.37. The fourth-order valence-electron chi connectivity index (χ4n) is 4.60. The fourth-order valence-corrected chi connectivity index (χ4v) is 4.60. The van der Waals surface area contributed by atoms with E-state index in [2.05, 4.69) is 30.9 Å². The summed E-state index contributed by atoms with van der Waals surface area (Å²) in [6, 6.07) is 23.8. The quantitative estimate of drug-likeness (QED) is 0.354. The summed E-state index contributed by atoms with van der Waals surface area (Å²) in [4.78, 5) is 28.4. The van der Waals surface area contributed by atoms with Gasteiger partial charge in [0.2, 0.25) is 5.95 Å². The highest BCUT2D eigenvalue weighted by Gasteiger charge is 2.23. The van der Waals surface area contributed by atoms with Crippen molar-refractivity contribution in [1.29, 1.82) is 0 Å². The van der Waals surface area contributed by atoms with E-state index in [0.29, 0.717) is 25.6 Å². The number of fused-ring (bicyclic) bond motifs is 2. The predicted octanol–water partition coefficient (Wildman–Crippen LogP) is 3.89. The van der Waals surface area contributed by atoms with E-state index in [1.807, 2.05) is 82.3 Å². The van der Waals surface area contributed by atoms with Gasteiger partial charge in [-0.15, -0.1) is 0 Å². The molecule has 3 heterocycles. The third-order valence-electron chi connectivity index (χ3n) is 6.42. The molecule has 1 fully saturated rings. The first-order valence-electron chi connectivity index (χ1n) is 12.0. The second kappa shape index (κ2) is 9.63. The monoisotopic (exact) mass is 478 g/mol. The maximum atomic E-state index is 13.0. The Bertz CT molecular complexity index is 1530. The molecule has 1 saturated heterocycles. The fraction of sp³-hybridized carbons (Fsp3) is 0.185. The van der Waals surface area contributed by atoms with Gasteiger partial charge in [0.25, 0.3) is 0 Å². The maximum absolute atomic E-state index is 13.0. The Kier molecular flexibility index (Phi) is 5.88. The number of piperazine rings is 1. The van der Waals surface area contributed by atoms with Crippen molar-refractivity contribution >= 4 is 39.5 Å². The highest BCUT2D eigenvalue weighted by molar-refractivity contribution is 6.01. The van der Waals surface area contributed by atoms with E-state index in [0.717, 1.165) is 39.9 Å². The minimum Gasteiger partial charge on any atom is -0.353 e. The first-order chi connectivity index (χ1) is 17.7. The van der Waals surface area contributed by atoms with Crippen molar-refractivity contribution in [3.8, 4) is 5.82 Å². The summed E-state index contributed by atoms with van der Waals surface area (Å²) in [6.45, 7) is 2.53. The molecule has 9 nitrogen and oxygen atoms in total. The number of aromatic nitrogens is 4. The van der Waals surface area contributed by atoms with Crippen LogP contribution in [0.4, 0.5) is 16.4 Å². The molecule has 1 atom stereocenters. The summed E-state index contributed by atoms with van der Waals surface area (Å²) in [5.74, 6) is 1.28. The number of carbonyl (C=O) groups excluding carboxylic acids is 1. The first kappa shape index (κ1) is 22.0. The van der Waals surface area contributed by atoms with Crippen LogP contribution in [0.15, 0.2) is 85.3 Å². The van der Waals surface area contributed by atoms with E-state index < -0.39 is 0 Å². The van der Waals surface area contributed by atoms with Crippen LogP contribution in [0.2, 0.25) is 0 Å². The van der Waals surface area contributed by atoms with E-state index in [1.54, 1.807) is 12.5 Å². The van der Waals surface area contributed by atoms with Crippen LogP contribution < -0.4 is 16.0 Å². The third kappa shape index (κ3) is 4.44. The molecule has 0 bridgehead atoms. The van der Waals surface area contributed by atoms with Crippen LogP contribution in [0.25, 0.3) is 27.6 Å². The molecule has 1 unspecified atom stereocenters. The topological polar surface area (TPSA) is 100 Å². The largest absolute Gasteiger partial charge is 0.353 e. The summed E-state index contributed by atoms with van der Waals surface area (Å²) >= 11 is 0. The highest BCUT2D eigenvalue weighted by Crippen LogP contribution is 2.23. The van der Waals surface area contributed by atoms with Crippen molar-refractivity contribution in [2.45, 2.75) is 6.04 Å². The molecular formula is C27H26N8O. The van der Waals surface area contributed by atoms with Crippen LogP contribution in [0, 0.1) is 0 Å². The molecule has 36 heavy (non-hydrogen) atoms. The van der Waals surface area contributed by atoms with Crippen LogP contribution in [-0.4, -0.2) is 62.7 Å². The number of hydrogen-bond donors (Lipinski definition) is 3. The number of benzene rings is 3. The van der Waals surface area contributed by atoms with Gasteiger partial charge in [-0.3, -0.25) is 4.57 Å². The highest BCUT2D eigenvalue weighted by atomic mass is 16.2. The third-order valence-corrected chi connectivity index (χ3v) is 6.42. The standard InChI is InChI=1S/C27H26N8O/c36-27(32-22-10-5-7-19-6-1-2-8-21(19)22)34-15-14-28-20(17-34)16-30-26-29-13-12-25(33-26)35-18-31-23-9-3-4-11-24(23)35/h1-13,18,20,28H,14-17H2,(H,32,36)(H,29,30,33). The molecule has 9 heteroatoms. The van der Waals surface area contributed by atoms with E-state index in [9.17, 15) is 4.79 Å². The van der Waals surface area contributed by atoms with E-state index in [-0.39, 0.29) is 12.1 Å². The second-order valence-corrected chi connectivity index (χ2v) is 8.78. The number of imidazole rings is 1. The lowest BCUT2D eigenvalue weighted by molar-refractivity contribution is 0.191. The van der Waals surface area contributed by atoms with Gasteiger partial charge in [-0.1, -0.05) is 48.5 Å². The molecule has 0 saturated carbocycles. The molecule has 2 amide bonds. The van der Waals surface area contributed by atoms with Gasteiger partial charge in [0.05, 0.1) is 16.7 Å². The number of nitrogens with one attached hydrogen (secondary N) is 3. The number of carbonyl (C=O) groups is 1. The molecule has 180 valence electrons. The van der Waals surface area contributed by atoms with Crippen molar-refractivity contribution in [2.24, 2.45) is 0 Å². The average molecular weight is 479 g/mol. The van der Waals surface area contributed by atoms with Crippen LogP contribution in [-0.2, 0) is 0 Å². The number of nitrogens with zero attached hydrogens (tertiary/aromatic N) is 5. The van der Waals surface area contributed by atoms with Crippen LogP contribution in [0.3, 0.4) is 0 Å². The summed E-state index contributed by atoms with van der Waals surface area (Å²) in [5, 5.41) is 12.0. The maximum Gasteiger partial charge on any atom is 0.321 e. The van der Waals surface area contributed by atoms with Gasteiger partial charge in [0, 0.05) is 43.8 Å². The molecule has 2 aromatic heterocycles. The number of urea groups is 1. The van der Waals surface area contributed by atoms with E-state index in [1.165, 1.54) is 0 Å². The number of amides is 2. The Morgan fingerprint density at radius 3 is 2.83 bits per heavy atom. The second-order valence-electron chi connectivity index (χ2n) is 8.78. The van der Waals surface area contributed by atoms with E-state index in [4.69, 9.17) is 0 Å². The number of anilines is 2. The zero-order valence-corrected chi connectivity index (χ0v) is 19.6. The molecule has 0 spiro atoms. The summed E-state index contributed by atoms with van der Waals surface area (Å²) in [7, 11) is 0. The van der Waals surface area contributed by atoms with Crippen LogP contribution >= 0.6 is 0 Å². The lowest BCUT2D eigenvalue weighted by atomic mass is 10.1. The van der Waals surface area contributed by atoms with Gasteiger partial charge < -0.3 is 20.9 Å². The lowest BCUT2D eigenvalue weighted by Crippen LogP contribution is -2.55. The normalized spacial score (nSPS) is 15.8.